The van der Waals surface area contributed by atoms with Crippen LogP contribution in [-0.2, 0) is 11.3 Å². The van der Waals surface area contributed by atoms with Gasteiger partial charge in [0.1, 0.15) is 6.61 Å². The zero-order chi connectivity index (χ0) is 15.9. The Hall–Kier alpha value is -2.63. The summed E-state index contributed by atoms with van der Waals surface area (Å²) in [7, 11) is 0. The number of carbonyl (C=O) groups is 1. The van der Waals surface area contributed by atoms with Gasteiger partial charge in [0.25, 0.3) is 0 Å². The molecule has 0 saturated carbocycles. The van der Waals surface area contributed by atoms with Crippen molar-refractivity contribution in [1.82, 2.24) is 14.9 Å². The average Bonchev–Trinajstić information content (AvgIpc) is 2.87. The number of rotatable bonds is 3. The molecule has 6 nitrogen and oxygen atoms in total. The van der Waals surface area contributed by atoms with Crippen molar-refractivity contribution in [3.63, 3.8) is 0 Å². The molecule has 2 aromatic rings. The minimum atomic E-state index is -0.260. The number of anilines is 1. The van der Waals surface area contributed by atoms with Gasteiger partial charge >= 0.3 is 6.09 Å². The summed E-state index contributed by atoms with van der Waals surface area (Å²) in [5, 5.41) is 0. The summed E-state index contributed by atoms with van der Waals surface area (Å²) in [4.78, 5) is 24.6. The maximum absolute atomic E-state index is 12.2. The monoisotopic (exact) mass is 312 g/mol. The molecule has 23 heavy (non-hydrogen) atoms. The molecular weight excluding hydrogens is 292 g/mol. The van der Waals surface area contributed by atoms with Gasteiger partial charge in [0.05, 0.1) is 0 Å². The van der Waals surface area contributed by atoms with Crippen LogP contribution < -0.4 is 4.90 Å². The Labute approximate surface area is 135 Å². The van der Waals surface area contributed by atoms with Gasteiger partial charge in [0.15, 0.2) is 0 Å². The second-order valence-corrected chi connectivity index (χ2v) is 5.42. The Balaban J connectivity index is 1.52. The van der Waals surface area contributed by atoms with Crippen LogP contribution in [0.2, 0.25) is 0 Å². The quantitative estimate of drug-likeness (QED) is 0.870. The van der Waals surface area contributed by atoms with Crippen molar-refractivity contribution in [3.8, 4) is 0 Å². The highest BCUT2D eigenvalue weighted by molar-refractivity contribution is 5.67. The number of aromatic nitrogens is 2. The van der Waals surface area contributed by atoms with Crippen molar-refractivity contribution in [2.45, 2.75) is 13.0 Å². The van der Waals surface area contributed by atoms with Gasteiger partial charge in [-0.2, -0.15) is 0 Å². The third kappa shape index (κ3) is 4.18. The molecule has 0 aliphatic carbocycles. The van der Waals surface area contributed by atoms with Crippen LogP contribution in [-0.4, -0.2) is 47.1 Å². The molecule has 1 saturated heterocycles. The van der Waals surface area contributed by atoms with E-state index in [1.54, 1.807) is 23.4 Å². The van der Waals surface area contributed by atoms with E-state index in [-0.39, 0.29) is 6.09 Å². The summed E-state index contributed by atoms with van der Waals surface area (Å²) in [6.45, 7) is 3.17. The number of nitrogens with zero attached hydrogens (tertiary/aromatic N) is 4. The van der Waals surface area contributed by atoms with E-state index in [1.807, 2.05) is 30.3 Å². The number of ether oxygens (including phenoxy) is 1. The Morgan fingerprint density at radius 2 is 1.78 bits per heavy atom. The van der Waals surface area contributed by atoms with Crippen LogP contribution in [0.4, 0.5) is 10.7 Å². The average molecular weight is 312 g/mol. The topological polar surface area (TPSA) is 58.6 Å². The minimum absolute atomic E-state index is 0.260. The van der Waals surface area contributed by atoms with Gasteiger partial charge < -0.3 is 14.5 Å². The number of carbonyl (C=O) groups excluding carboxylic acids is 1. The molecule has 2 heterocycles. The van der Waals surface area contributed by atoms with Gasteiger partial charge in [-0.25, -0.2) is 14.8 Å². The smallest absolute Gasteiger partial charge is 0.410 e. The van der Waals surface area contributed by atoms with Gasteiger partial charge in [-0.15, -0.1) is 0 Å². The fourth-order valence-electron chi connectivity index (χ4n) is 2.57. The molecule has 0 spiro atoms. The molecule has 1 fully saturated rings. The highest BCUT2D eigenvalue weighted by Crippen LogP contribution is 2.11. The molecule has 1 aromatic carbocycles. The molecule has 0 radical (unpaired) electrons. The molecule has 1 amide bonds. The SMILES string of the molecule is O=C(OCc1ccccc1)N1CCCN(c2ncccn2)CC1. The second kappa shape index (κ2) is 7.58. The number of amides is 1. The Morgan fingerprint density at radius 1 is 1.00 bits per heavy atom. The molecular formula is C17H20N4O2. The van der Waals surface area contributed by atoms with Gasteiger partial charge in [-0.05, 0) is 18.1 Å². The van der Waals surface area contributed by atoms with Gasteiger partial charge in [-0.3, -0.25) is 0 Å². The predicted octanol–water partition coefficient (Wildman–Crippen LogP) is 2.33. The van der Waals surface area contributed by atoms with Crippen molar-refractivity contribution in [2.75, 3.05) is 31.1 Å². The summed E-state index contributed by atoms with van der Waals surface area (Å²) < 4.78 is 5.40. The normalized spacial score (nSPS) is 15.1. The molecule has 0 atom stereocenters. The summed E-state index contributed by atoms with van der Waals surface area (Å²) in [5.41, 5.74) is 0.995. The van der Waals surface area contributed by atoms with Crippen LogP contribution in [0.1, 0.15) is 12.0 Å². The van der Waals surface area contributed by atoms with Crippen molar-refractivity contribution >= 4 is 12.0 Å². The number of hydrogen-bond acceptors (Lipinski definition) is 5. The fourth-order valence-corrected chi connectivity index (χ4v) is 2.57. The maximum Gasteiger partial charge on any atom is 0.410 e. The lowest BCUT2D eigenvalue weighted by Gasteiger charge is -2.21. The first-order valence-electron chi connectivity index (χ1n) is 7.80. The standard InChI is InChI=1S/C17H20N4O2/c22-17(23-14-15-6-2-1-3-7-15)21-11-5-10-20(12-13-21)16-18-8-4-9-19-16/h1-4,6-9H,5,10-14H2. The molecule has 0 N–H and O–H groups in total. The van der Waals surface area contributed by atoms with Crippen molar-refractivity contribution in [1.29, 1.82) is 0 Å². The molecule has 3 rings (SSSR count). The molecule has 120 valence electrons. The van der Waals surface area contributed by atoms with E-state index < -0.39 is 0 Å². The summed E-state index contributed by atoms with van der Waals surface area (Å²) in [6.07, 6.45) is 4.08. The molecule has 0 bridgehead atoms. The highest BCUT2D eigenvalue weighted by Gasteiger charge is 2.21. The lowest BCUT2D eigenvalue weighted by molar-refractivity contribution is 0.0986. The lowest BCUT2D eigenvalue weighted by atomic mass is 10.2. The van der Waals surface area contributed by atoms with E-state index in [9.17, 15) is 4.79 Å². The van der Waals surface area contributed by atoms with Crippen LogP contribution in [0.25, 0.3) is 0 Å². The van der Waals surface area contributed by atoms with Crippen molar-refractivity contribution in [2.24, 2.45) is 0 Å². The Bertz CT molecular complexity index is 621. The number of hydrogen-bond donors (Lipinski definition) is 0. The van der Waals surface area contributed by atoms with Crippen molar-refractivity contribution < 1.29 is 9.53 Å². The van der Waals surface area contributed by atoms with E-state index >= 15 is 0 Å². The third-order valence-corrected chi connectivity index (χ3v) is 3.79. The Kier molecular flexibility index (Phi) is 5.03. The van der Waals surface area contributed by atoms with Crippen molar-refractivity contribution in [3.05, 3.63) is 54.4 Å². The first-order chi connectivity index (χ1) is 11.3. The van der Waals surface area contributed by atoms with Crippen LogP contribution in [0.5, 0.6) is 0 Å². The molecule has 1 aliphatic heterocycles. The zero-order valence-corrected chi connectivity index (χ0v) is 13.0. The first kappa shape index (κ1) is 15.3. The second-order valence-electron chi connectivity index (χ2n) is 5.42. The van der Waals surface area contributed by atoms with E-state index in [2.05, 4.69) is 14.9 Å². The summed E-state index contributed by atoms with van der Waals surface area (Å²) >= 11 is 0. The van der Waals surface area contributed by atoms with Crippen LogP contribution in [0, 0.1) is 0 Å². The number of benzene rings is 1. The Morgan fingerprint density at radius 3 is 2.57 bits per heavy atom. The third-order valence-electron chi connectivity index (χ3n) is 3.79. The highest BCUT2D eigenvalue weighted by atomic mass is 16.6. The van der Waals surface area contributed by atoms with Gasteiger partial charge in [0, 0.05) is 38.6 Å². The van der Waals surface area contributed by atoms with Crippen LogP contribution in [0.3, 0.4) is 0 Å². The largest absolute Gasteiger partial charge is 0.445 e. The molecule has 6 heteroatoms. The van der Waals surface area contributed by atoms with E-state index in [0.717, 1.165) is 18.5 Å². The predicted molar refractivity (Wildman–Crippen MR) is 87.1 cm³/mol. The van der Waals surface area contributed by atoms with Gasteiger partial charge in [-0.1, -0.05) is 30.3 Å². The minimum Gasteiger partial charge on any atom is -0.445 e. The van der Waals surface area contributed by atoms with E-state index in [0.29, 0.717) is 32.2 Å². The maximum atomic E-state index is 12.2. The first-order valence-corrected chi connectivity index (χ1v) is 7.80. The summed E-state index contributed by atoms with van der Waals surface area (Å²) in [6, 6.07) is 11.5. The van der Waals surface area contributed by atoms with Crippen LogP contribution in [0.15, 0.2) is 48.8 Å². The molecule has 0 unspecified atom stereocenters. The summed E-state index contributed by atoms with van der Waals surface area (Å²) in [5.74, 6) is 0.715. The van der Waals surface area contributed by atoms with E-state index in [1.165, 1.54) is 0 Å². The van der Waals surface area contributed by atoms with E-state index in [4.69, 9.17) is 4.74 Å². The fraction of sp³-hybridized carbons (Fsp3) is 0.353. The van der Waals surface area contributed by atoms with Crippen LogP contribution >= 0.6 is 0 Å². The lowest BCUT2D eigenvalue weighted by Crippen LogP contribution is -2.35. The zero-order valence-electron chi connectivity index (χ0n) is 13.0. The molecule has 1 aliphatic rings. The molecule has 1 aromatic heterocycles. The van der Waals surface area contributed by atoms with Gasteiger partial charge in [0.2, 0.25) is 5.95 Å².